The average Bonchev–Trinajstić information content (AvgIpc) is 2.80. The van der Waals surface area contributed by atoms with Gasteiger partial charge in [0.25, 0.3) is 5.91 Å². The van der Waals surface area contributed by atoms with E-state index < -0.39 is 0 Å². The van der Waals surface area contributed by atoms with Gasteiger partial charge >= 0.3 is 0 Å². The summed E-state index contributed by atoms with van der Waals surface area (Å²) in [5.41, 5.74) is 4.56. The third-order valence-electron chi connectivity index (χ3n) is 5.62. The van der Waals surface area contributed by atoms with E-state index in [1.54, 1.807) is 0 Å². The van der Waals surface area contributed by atoms with Gasteiger partial charge in [-0.25, -0.2) is 0 Å². The van der Waals surface area contributed by atoms with Crippen molar-refractivity contribution >= 4 is 28.9 Å². The lowest BCUT2D eigenvalue weighted by Crippen LogP contribution is -2.46. The Hall–Kier alpha value is -2.82. The van der Waals surface area contributed by atoms with Crippen molar-refractivity contribution in [1.29, 1.82) is 0 Å². The molecule has 0 radical (unpaired) electrons. The van der Waals surface area contributed by atoms with E-state index in [1.165, 1.54) is 0 Å². The van der Waals surface area contributed by atoms with E-state index in [0.29, 0.717) is 16.3 Å². The molecule has 0 spiro atoms. The third kappa shape index (κ3) is 4.66. The van der Waals surface area contributed by atoms with Gasteiger partial charge < -0.3 is 15.1 Å². The maximum atomic E-state index is 12.7. The number of amides is 1. The minimum atomic E-state index is -0.144. The highest BCUT2D eigenvalue weighted by molar-refractivity contribution is 6.33. The van der Waals surface area contributed by atoms with Crippen LogP contribution in [-0.4, -0.2) is 43.5 Å². The molecule has 0 aliphatic carbocycles. The van der Waals surface area contributed by atoms with E-state index in [1.807, 2.05) is 60.7 Å². The van der Waals surface area contributed by atoms with Crippen LogP contribution in [0.2, 0.25) is 5.02 Å². The van der Waals surface area contributed by atoms with Crippen LogP contribution in [-0.2, 0) is 0 Å². The number of hydrogen-bond donors (Lipinski definition) is 1. The predicted octanol–water partition coefficient (Wildman–Crippen LogP) is 5.40. The zero-order valence-corrected chi connectivity index (χ0v) is 17.9. The van der Waals surface area contributed by atoms with Crippen LogP contribution in [0.1, 0.15) is 17.3 Å². The topological polar surface area (TPSA) is 35.6 Å². The second-order valence-corrected chi connectivity index (χ2v) is 7.89. The largest absolute Gasteiger partial charge is 0.368 e. The first-order chi connectivity index (χ1) is 14.6. The van der Waals surface area contributed by atoms with E-state index in [2.05, 4.69) is 34.2 Å². The summed E-state index contributed by atoms with van der Waals surface area (Å²) in [6.07, 6.45) is 0. The first-order valence-electron chi connectivity index (χ1n) is 10.4. The third-order valence-corrected chi connectivity index (χ3v) is 5.92. The molecule has 0 bridgehead atoms. The van der Waals surface area contributed by atoms with Crippen molar-refractivity contribution in [2.75, 3.05) is 42.9 Å². The van der Waals surface area contributed by atoms with Crippen molar-refractivity contribution < 1.29 is 4.79 Å². The highest BCUT2D eigenvalue weighted by atomic mass is 35.5. The number of piperazine rings is 1. The zero-order valence-electron chi connectivity index (χ0n) is 17.1. The van der Waals surface area contributed by atoms with Crippen LogP contribution >= 0.6 is 11.6 Å². The molecule has 1 aliphatic heterocycles. The van der Waals surface area contributed by atoms with Gasteiger partial charge in [-0.15, -0.1) is 0 Å². The molecular weight excluding hydrogens is 394 g/mol. The number of nitrogens with one attached hydrogen (secondary N) is 1. The summed E-state index contributed by atoms with van der Waals surface area (Å²) >= 11 is 6.54. The molecular formula is C25H26ClN3O. The molecule has 1 fully saturated rings. The van der Waals surface area contributed by atoms with Gasteiger partial charge in [0.1, 0.15) is 0 Å². The van der Waals surface area contributed by atoms with Crippen LogP contribution in [0.15, 0.2) is 72.8 Å². The van der Waals surface area contributed by atoms with Crippen molar-refractivity contribution in [3.05, 3.63) is 83.4 Å². The van der Waals surface area contributed by atoms with Gasteiger partial charge in [-0.3, -0.25) is 4.79 Å². The Morgan fingerprint density at radius 1 is 0.900 bits per heavy atom. The minimum absolute atomic E-state index is 0.144. The van der Waals surface area contributed by atoms with Gasteiger partial charge in [0.2, 0.25) is 0 Å². The number of hydrogen-bond acceptors (Lipinski definition) is 3. The summed E-state index contributed by atoms with van der Waals surface area (Å²) < 4.78 is 0. The lowest BCUT2D eigenvalue weighted by Gasteiger charge is -2.36. The van der Waals surface area contributed by atoms with Gasteiger partial charge in [0.15, 0.2) is 0 Å². The van der Waals surface area contributed by atoms with Gasteiger partial charge in [-0.05, 0) is 48.0 Å². The molecule has 0 atom stereocenters. The number of benzene rings is 3. The van der Waals surface area contributed by atoms with Crippen LogP contribution in [0, 0.1) is 0 Å². The molecule has 30 heavy (non-hydrogen) atoms. The summed E-state index contributed by atoms with van der Waals surface area (Å²) in [5.74, 6) is -0.144. The zero-order chi connectivity index (χ0) is 20.9. The summed E-state index contributed by atoms with van der Waals surface area (Å²) in [7, 11) is 0. The molecule has 1 saturated heterocycles. The molecule has 3 aromatic rings. The predicted molar refractivity (Wildman–Crippen MR) is 126 cm³/mol. The van der Waals surface area contributed by atoms with Gasteiger partial charge in [-0.2, -0.15) is 0 Å². The van der Waals surface area contributed by atoms with Crippen molar-refractivity contribution in [2.45, 2.75) is 6.92 Å². The molecule has 0 aromatic heterocycles. The Morgan fingerprint density at radius 2 is 1.57 bits per heavy atom. The fourth-order valence-electron chi connectivity index (χ4n) is 3.79. The minimum Gasteiger partial charge on any atom is -0.368 e. The Labute approximate surface area is 183 Å². The van der Waals surface area contributed by atoms with Crippen LogP contribution in [0.4, 0.5) is 11.4 Å². The molecule has 0 saturated carbocycles. The van der Waals surface area contributed by atoms with Crippen LogP contribution in [0.25, 0.3) is 11.1 Å². The highest BCUT2D eigenvalue weighted by Gasteiger charge is 2.18. The molecule has 5 heteroatoms. The van der Waals surface area contributed by atoms with Crippen LogP contribution < -0.4 is 10.2 Å². The van der Waals surface area contributed by atoms with E-state index in [4.69, 9.17) is 11.6 Å². The maximum absolute atomic E-state index is 12.7. The van der Waals surface area contributed by atoms with Crippen molar-refractivity contribution in [2.24, 2.45) is 0 Å². The molecule has 1 aliphatic rings. The van der Waals surface area contributed by atoms with Crippen molar-refractivity contribution in [3.63, 3.8) is 0 Å². The Kier molecular flexibility index (Phi) is 6.36. The molecule has 1 amide bonds. The second-order valence-electron chi connectivity index (χ2n) is 7.49. The van der Waals surface area contributed by atoms with Gasteiger partial charge in [0.05, 0.1) is 10.7 Å². The van der Waals surface area contributed by atoms with E-state index in [9.17, 15) is 4.79 Å². The van der Waals surface area contributed by atoms with Crippen molar-refractivity contribution in [1.82, 2.24) is 4.90 Å². The monoisotopic (exact) mass is 419 g/mol. The van der Waals surface area contributed by atoms with Crippen LogP contribution in [0.3, 0.4) is 0 Å². The first kappa shape index (κ1) is 20.5. The Morgan fingerprint density at radius 3 is 2.20 bits per heavy atom. The molecule has 0 unspecified atom stereocenters. The van der Waals surface area contributed by atoms with Crippen LogP contribution in [0.5, 0.6) is 0 Å². The smallest absolute Gasteiger partial charge is 0.255 e. The number of anilines is 2. The van der Waals surface area contributed by atoms with E-state index in [-0.39, 0.29) is 5.91 Å². The molecule has 4 nitrogen and oxygen atoms in total. The normalized spacial score (nSPS) is 14.5. The lowest BCUT2D eigenvalue weighted by atomic mass is 10.0. The average molecular weight is 420 g/mol. The first-order valence-corrected chi connectivity index (χ1v) is 10.8. The fraction of sp³-hybridized carbons (Fsp3) is 0.240. The number of halogens is 1. The second kappa shape index (κ2) is 9.33. The summed E-state index contributed by atoms with van der Waals surface area (Å²) in [5, 5.41) is 3.62. The number of nitrogens with zero attached hydrogens (tertiary/aromatic N) is 2. The standard InChI is InChI=1S/C25H26ClN3O/c1-2-28-14-16-29(17-15-28)24-13-12-22(18-23(24)26)27-25(30)21-10-8-20(9-11-21)19-6-4-3-5-7-19/h3-13,18H,2,14-17H2,1H3,(H,27,30). The number of rotatable bonds is 5. The lowest BCUT2D eigenvalue weighted by molar-refractivity contribution is 0.102. The van der Waals surface area contributed by atoms with Gasteiger partial charge in [0, 0.05) is 37.4 Å². The SMILES string of the molecule is CCN1CCN(c2ccc(NC(=O)c3ccc(-c4ccccc4)cc3)cc2Cl)CC1. The summed E-state index contributed by atoms with van der Waals surface area (Å²) in [4.78, 5) is 17.4. The number of likely N-dealkylation sites (N-methyl/N-ethyl adjacent to an activating group) is 1. The molecule has 1 heterocycles. The number of carbonyl (C=O) groups is 1. The Bertz CT molecular complexity index is 997. The summed E-state index contributed by atoms with van der Waals surface area (Å²) in [6, 6.07) is 23.5. The molecule has 1 N–H and O–H groups in total. The molecule has 154 valence electrons. The molecule has 4 rings (SSSR count). The number of carbonyl (C=O) groups excluding carboxylic acids is 1. The van der Waals surface area contributed by atoms with Crippen molar-refractivity contribution in [3.8, 4) is 11.1 Å². The maximum Gasteiger partial charge on any atom is 0.255 e. The van der Waals surface area contributed by atoms with E-state index >= 15 is 0 Å². The molecule has 3 aromatic carbocycles. The van der Waals surface area contributed by atoms with E-state index in [0.717, 1.165) is 49.5 Å². The highest BCUT2D eigenvalue weighted by Crippen LogP contribution is 2.30. The Balaban J connectivity index is 1.41. The summed E-state index contributed by atoms with van der Waals surface area (Å²) in [6.45, 7) is 7.29. The fourth-order valence-corrected chi connectivity index (χ4v) is 4.09. The quantitative estimate of drug-likeness (QED) is 0.601. The van der Waals surface area contributed by atoms with Gasteiger partial charge in [-0.1, -0.05) is 61.0 Å².